The van der Waals surface area contributed by atoms with Crippen LogP contribution in [0.4, 0.5) is 17.1 Å². The van der Waals surface area contributed by atoms with Gasteiger partial charge in [-0.1, -0.05) is 41.9 Å². The van der Waals surface area contributed by atoms with Gasteiger partial charge in [-0.2, -0.15) is 0 Å². The molecule has 0 unspecified atom stereocenters. The molecule has 0 radical (unpaired) electrons. The van der Waals surface area contributed by atoms with Crippen LogP contribution >= 0.6 is 11.6 Å². The maximum atomic E-state index is 13.0. The van der Waals surface area contributed by atoms with Crippen molar-refractivity contribution >= 4 is 46.4 Å². The van der Waals surface area contributed by atoms with Crippen LogP contribution in [0.2, 0.25) is 0 Å². The molecule has 0 saturated heterocycles. The second-order valence-electron chi connectivity index (χ2n) is 7.43. The van der Waals surface area contributed by atoms with Gasteiger partial charge in [-0.3, -0.25) is 14.4 Å². The summed E-state index contributed by atoms with van der Waals surface area (Å²) in [7, 11) is 0. The Balaban J connectivity index is 1.55. The summed E-state index contributed by atoms with van der Waals surface area (Å²) in [4.78, 5) is 39.3. The molecule has 3 aromatic rings. The molecule has 0 aliphatic carbocycles. The van der Waals surface area contributed by atoms with Crippen molar-refractivity contribution in [2.45, 2.75) is 13.8 Å². The monoisotopic (exact) mass is 445 g/mol. The smallest absolute Gasteiger partial charge is 0.283 e. The van der Waals surface area contributed by atoms with Crippen molar-refractivity contribution in [3.63, 3.8) is 0 Å². The van der Waals surface area contributed by atoms with Crippen LogP contribution in [0.15, 0.2) is 83.5 Å². The summed E-state index contributed by atoms with van der Waals surface area (Å²) in [5.74, 6) is -1.45. The van der Waals surface area contributed by atoms with Crippen LogP contribution in [0.3, 0.4) is 0 Å². The second kappa shape index (κ2) is 8.69. The molecule has 32 heavy (non-hydrogen) atoms. The van der Waals surface area contributed by atoms with Gasteiger partial charge in [0.25, 0.3) is 17.7 Å². The van der Waals surface area contributed by atoms with Crippen molar-refractivity contribution in [2.75, 3.05) is 15.5 Å². The molecule has 6 nitrogen and oxygen atoms in total. The highest BCUT2D eigenvalue weighted by Crippen LogP contribution is 2.31. The highest BCUT2D eigenvalue weighted by molar-refractivity contribution is 6.53. The van der Waals surface area contributed by atoms with Crippen molar-refractivity contribution < 1.29 is 14.4 Å². The minimum atomic E-state index is -0.597. The fraction of sp³-hybridized carbons (Fsp3) is 0.0800. The zero-order valence-electron chi connectivity index (χ0n) is 17.5. The topological polar surface area (TPSA) is 78.5 Å². The first kappa shape index (κ1) is 21.3. The molecule has 0 atom stereocenters. The maximum absolute atomic E-state index is 13.0. The van der Waals surface area contributed by atoms with Crippen molar-refractivity contribution in [3.8, 4) is 0 Å². The molecule has 1 aliphatic heterocycles. The molecule has 0 spiro atoms. The Kier molecular flexibility index (Phi) is 5.79. The van der Waals surface area contributed by atoms with Crippen molar-refractivity contribution in [1.29, 1.82) is 0 Å². The van der Waals surface area contributed by atoms with Gasteiger partial charge < -0.3 is 10.6 Å². The van der Waals surface area contributed by atoms with Gasteiger partial charge in [0.05, 0.1) is 5.69 Å². The molecule has 3 amide bonds. The summed E-state index contributed by atoms with van der Waals surface area (Å²) in [6, 6.07) is 21.0. The van der Waals surface area contributed by atoms with Gasteiger partial charge in [-0.15, -0.1) is 0 Å². The van der Waals surface area contributed by atoms with E-state index in [1.807, 2.05) is 38.1 Å². The zero-order valence-corrected chi connectivity index (χ0v) is 18.2. The first-order valence-corrected chi connectivity index (χ1v) is 10.3. The third kappa shape index (κ3) is 4.13. The highest BCUT2D eigenvalue weighted by Gasteiger charge is 2.39. The summed E-state index contributed by atoms with van der Waals surface area (Å²) in [5, 5.41) is 5.52. The summed E-state index contributed by atoms with van der Waals surface area (Å²) >= 11 is 6.22. The van der Waals surface area contributed by atoms with Crippen molar-refractivity contribution in [1.82, 2.24) is 0 Å². The van der Waals surface area contributed by atoms with Crippen molar-refractivity contribution in [2.24, 2.45) is 0 Å². The Bertz CT molecular complexity index is 1270. The number of halogens is 1. The molecule has 160 valence electrons. The van der Waals surface area contributed by atoms with Crippen LogP contribution < -0.4 is 15.5 Å². The molecular weight excluding hydrogens is 426 g/mol. The lowest BCUT2D eigenvalue weighted by atomic mass is 10.1. The Labute approximate surface area is 190 Å². The molecule has 0 fully saturated rings. The molecule has 1 aliphatic rings. The largest absolute Gasteiger partial charge is 0.350 e. The number of nitrogens with zero attached hydrogens (tertiary/aromatic N) is 1. The van der Waals surface area contributed by atoms with Gasteiger partial charge in [0.15, 0.2) is 0 Å². The molecule has 0 saturated carbocycles. The van der Waals surface area contributed by atoms with Crippen LogP contribution in [0.5, 0.6) is 0 Å². The van der Waals surface area contributed by atoms with E-state index in [-0.39, 0.29) is 16.6 Å². The number of nitrogens with one attached hydrogen (secondary N) is 2. The minimum absolute atomic E-state index is 0.0319. The quantitative estimate of drug-likeness (QED) is 0.542. The van der Waals surface area contributed by atoms with E-state index in [0.29, 0.717) is 22.6 Å². The van der Waals surface area contributed by atoms with Gasteiger partial charge >= 0.3 is 0 Å². The average molecular weight is 446 g/mol. The van der Waals surface area contributed by atoms with E-state index in [9.17, 15) is 14.4 Å². The van der Waals surface area contributed by atoms with Gasteiger partial charge in [-0.05, 0) is 67.4 Å². The molecular formula is C25H20ClN3O3. The second-order valence-corrected chi connectivity index (χ2v) is 7.81. The Morgan fingerprint density at radius 2 is 1.53 bits per heavy atom. The number of hydrogen-bond donors (Lipinski definition) is 2. The molecule has 2 N–H and O–H groups in total. The predicted molar refractivity (Wildman–Crippen MR) is 126 cm³/mol. The van der Waals surface area contributed by atoms with E-state index in [4.69, 9.17) is 11.6 Å². The summed E-state index contributed by atoms with van der Waals surface area (Å²) in [6.07, 6.45) is 0. The number of benzene rings is 3. The number of carbonyl (C=O) groups excluding carboxylic acids is 3. The lowest BCUT2D eigenvalue weighted by Gasteiger charge is -2.16. The zero-order chi connectivity index (χ0) is 22.8. The number of para-hydroxylation sites is 1. The van der Waals surface area contributed by atoms with E-state index in [1.54, 1.807) is 48.5 Å². The van der Waals surface area contributed by atoms with Gasteiger partial charge in [0.1, 0.15) is 10.7 Å². The molecule has 4 rings (SSSR count). The van der Waals surface area contributed by atoms with E-state index in [0.717, 1.165) is 16.0 Å². The van der Waals surface area contributed by atoms with Crippen LogP contribution in [0.25, 0.3) is 0 Å². The molecule has 1 heterocycles. The summed E-state index contributed by atoms with van der Waals surface area (Å²) in [6.45, 7) is 3.86. The van der Waals surface area contributed by atoms with Gasteiger partial charge in [-0.25, -0.2) is 4.90 Å². The number of aryl methyl sites for hydroxylation is 2. The Morgan fingerprint density at radius 1 is 0.812 bits per heavy atom. The molecule has 7 heteroatoms. The third-order valence-electron chi connectivity index (χ3n) is 5.20. The van der Waals surface area contributed by atoms with Gasteiger partial charge in [0, 0.05) is 16.9 Å². The van der Waals surface area contributed by atoms with Gasteiger partial charge in [0.2, 0.25) is 0 Å². The van der Waals surface area contributed by atoms with Crippen LogP contribution in [-0.4, -0.2) is 17.7 Å². The van der Waals surface area contributed by atoms with Crippen molar-refractivity contribution in [3.05, 3.63) is 100 Å². The third-order valence-corrected chi connectivity index (χ3v) is 5.55. The van der Waals surface area contributed by atoms with E-state index < -0.39 is 11.8 Å². The molecule has 0 aromatic heterocycles. The highest BCUT2D eigenvalue weighted by atomic mass is 35.5. The number of carbonyl (C=O) groups is 3. The lowest BCUT2D eigenvalue weighted by molar-refractivity contribution is -0.120. The Morgan fingerprint density at radius 3 is 2.25 bits per heavy atom. The van der Waals surface area contributed by atoms with Crippen LogP contribution in [0.1, 0.15) is 21.5 Å². The van der Waals surface area contributed by atoms with E-state index in [1.165, 1.54) is 0 Å². The SMILES string of the molecule is Cc1ccc(N2C(=O)C(Cl)=C(Nc3cccc(C(=O)Nc4ccccc4)c3)C2=O)cc1C. The average Bonchev–Trinajstić information content (AvgIpc) is 3.00. The normalized spacial score (nSPS) is 13.5. The number of anilines is 3. The summed E-state index contributed by atoms with van der Waals surface area (Å²) in [5.41, 5.74) is 3.95. The van der Waals surface area contributed by atoms with E-state index >= 15 is 0 Å². The minimum Gasteiger partial charge on any atom is -0.350 e. The number of hydrogen-bond acceptors (Lipinski definition) is 4. The standard InChI is InChI=1S/C25H20ClN3O3/c1-15-11-12-20(13-16(15)2)29-24(31)21(26)22(25(29)32)27-19-10-6-7-17(14-19)23(30)28-18-8-4-3-5-9-18/h3-14,27H,1-2H3,(H,28,30). The predicted octanol–water partition coefficient (Wildman–Crippen LogP) is 4.99. The number of amides is 3. The maximum Gasteiger partial charge on any atom is 0.283 e. The number of imide groups is 1. The Hall–Kier alpha value is -3.90. The van der Waals surface area contributed by atoms with Crippen LogP contribution in [0, 0.1) is 13.8 Å². The molecule has 3 aromatic carbocycles. The number of rotatable bonds is 5. The van der Waals surface area contributed by atoms with Crippen LogP contribution in [-0.2, 0) is 9.59 Å². The summed E-state index contributed by atoms with van der Waals surface area (Å²) < 4.78 is 0. The molecule has 0 bridgehead atoms. The first-order valence-electron chi connectivity index (χ1n) is 9.94. The first-order chi connectivity index (χ1) is 15.3. The fourth-order valence-electron chi connectivity index (χ4n) is 3.32. The lowest BCUT2D eigenvalue weighted by Crippen LogP contribution is -2.32. The van der Waals surface area contributed by atoms with E-state index in [2.05, 4.69) is 10.6 Å². The fourth-order valence-corrected chi connectivity index (χ4v) is 3.53.